The molecule has 0 aliphatic heterocycles. The van der Waals surface area contributed by atoms with Crippen LogP contribution in [0.5, 0.6) is 0 Å². The second-order valence-corrected chi connectivity index (χ2v) is 5.66. The molecule has 0 spiro atoms. The minimum absolute atomic E-state index is 0.521. The lowest BCUT2D eigenvalue weighted by atomic mass is 9.63. The van der Waals surface area contributed by atoms with Gasteiger partial charge in [0.1, 0.15) is 0 Å². The summed E-state index contributed by atoms with van der Waals surface area (Å²) in [5.41, 5.74) is 7.15. The van der Waals surface area contributed by atoms with Gasteiger partial charge in [0, 0.05) is 0 Å². The Hall–Kier alpha value is -0.780. The fourth-order valence-electron chi connectivity index (χ4n) is 3.78. The van der Waals surface area contributed by atoms with Crippen LogP contribution in [-0.2, 0) is 18.3 Å². The molecule has 0 fully saturated rings. The minimum atomic E-state index is 0.521. The molecule has 0 saturated heterocycles. The molecule has 0 radical (unpaired) electrons. The zero-order chi connectivity index (χ0) is 10.5. The van der Waals surface area contributed by atoms with Gasteiger partial charge in [-0.3, -0.25) is 0 Å². The Morgan fingerprint density at radius 3 is 2.60 bits per heavy atom. The van der Waals surface area contributed by atoms with Gasteiger partial charge in [0.15, 0.2) is 0 Å². The molecule has 15 heavy (non-hydrogen) atoms. The number of aryl methyl sites for hydroxylation is 2. The minimum Gasteiger partial charge on any atom is -0.0588 e. The molecule has 1 unspecified atom stereocenters. The largest absolute Gasteiger partial charge is 0.0588 e. The van der Waals surface area contributed by atoms with Gasteiger partial charge in [-0.15, -0.1) is 0 Å². The third-order valence-electron chi connectivity index (χ3n) is 4.57. The highest BCUT2D eigenvalue weighted by Gasteiger charge is 2.36. The fraction of sp³-hybridized carbons (Fsp3) is 0.600. The summed E-state index contributed by atoms with van der Waals surface area (Å²) in [6.07, 6.45) is 8.26. The highest BCUT2D eigenvalue weighted by Crippen LogP contribution is 2.46. The van der Waals surface area contributed by atoms with Crippen molar-refractivity contribution in [2.24, 2.45) is 0 Å². The lowest BCUT2D eigenvalue weighted by Gasteiger charge is -2.42. The Morgan fingerprint density at radius 1 is 1.07 bits per heavy atom. The fourth-order valence-corrected chi connectivity index (χ4v) is 3.78. The quantitative estimate of drug-likeness (QED) is 0.595. The molecule has 1 atom stereocenters. The summed E-state index contributed by atoms with van der Waals surface area (Å²) in [7, 11) is 0. The van der Waals surface area contributed by atoms with E-state index in [9.17, 15) is 0 Å². The van der Waals surface area contributed by atoms with Crippen molar-refractivity contribution in [3.8, 4) is 0 Å². The van der Waals surface area contributed by atoms with Gasteiger partial charge in [0.25, 0.3) is 0 Å². The van der Waals surface area contributed by atoms with Crippen LogP contribution in [0.15, 0.2) is 12.1 Å². The highest BCUT2D eigenvalue weighted by atomic mass is 14.4. The summed E-state index contributed by atoms with van der Waals surface area (Å²) in [5, 5.41) is 0. The maximum atomic E-state index is 2.49. The van der Waals surface area contributed by atoms with Crippen molar-refractivity contribution in [3.63, 3.8) is 0 Å². The first-order valence-electron chi connectivity index (χ1n) is 6.32. The second-order valence-electron chi connectivity index (χ2n) is 5.66. The van der Waals surface area contributed by atoms with E-state index in [1.54, 1.807) is 16.7 Å². The first-order chi connectivity index (χ1) is 7.21. The van der Waals surface area contributed by atoms with Crippen LogP contribution in [0, 0.1) is 6.92 Å². The number of hydrogen-bond acceptors (Lipinski definition) is 0. The van der Waals surface area contributed by atoms with E-state index < -0.39 is 0 Å². The molecular formula is C15H20. The van der Waals surface area contributed by atoms with Gasteiger partial charge < -0.3 is 0 Å². The van der Waals surface area contributed by atoms with Crippen LogP contribution in [0.25, 0.3) is 0 Å². The van der Waals surface area contributed by atoms with E-state index in [4.69, 9.17) is 0 Å². The molecule has 80 valence electrons. The lowest BCUT2D eigenvalue weighted by molar-refractivity contribution is 0.336. The number of benzene rings is 1. The normalized spacial score (nSPS) is 28.7. The topological polar surface area (TPSA) is 0 Å². The van der Waals surface area contributed by atoms with Crippen molar-refractivity contribution in [2.45, 2.75) is 57.8 Å². The molecule has 0 heteroatoms. The van der Waals surface area contributed by atoms with Crippen LogP contribution in [0.2, 0.25) is 0 Å². The van der Waals surface area contributed by atoms with E-state index in [0.717, 1.165) is 0 Å². The van der Waals surface area contributed by atoms with Crippen LogP contribution in [0.4, 0.5) is 0 Å². The van der Waals surface area contributed by atoms with Crippen LogP contribution >= 0.6 is 0 Å². The van der Waals surface area contributed by atoms with E-state index in [2.05, 4.69) is 26.0 Å². The molecule has 0 saturated carbocycles. The van der Waals surface area contributed by atoms with E-state index in [1.165, 1.54) is 44.1 Å². The van der Waals surface area contributed by atoms with E-state index >= 15 is 0 Å². The third kappa shape index (κ3) is 1.27. The Bertz CT molecular complexity index is 399. The van der Waals surface area contributed by atoms with Crippen LogP contribution in [-0.4, -0.2) is 0 Å². The maximum absolute atomic E-state index is 2.49. The van der Waals surface area contributed by atoms with E-state index in [0.29, 0.717) is 5.41 Å². The molecule has 0 N–H and O–H groups in total. The summed E-state index contributed by atoms with van der Waals surface area (Å²) in [6.45, 7) is 4.78. The van der Waals surface area contributed by atoms with Gasteiger partial charge in [-0.2, -0.15) is 0 Å². The standard InChI is InChI=1S/C15H20/c1-11-7-8-12-5-3-9-15(2)10-4-6-13(11)14(12)15/h7-8H,3-6,9-10H2,1-2H3. The molecule has 0 aromatic heterocycles. The van der Waals surface area contributed by atoms with Crippen molar-refractivity contribution >= 4 is 0 Å². The molecule has 0 nitrogen and oxygen atoms in total. The predicted molar refractivity (Wildman–Crippen MR) is 64.4 cm³/mol. The molecular weight excluding hydrogens is 180 g/mol. The van der Waals surface area contributed by atoms with Gasteiger partial charge >= 0.3 is 0 Å². The monoisotopic (exact) mass is 200 g/mol. The Balaban J connectivity index is 2.28. The second kappa shape index (κ2) is 3.10. The molecule has 2 aliphatic rings. The first kappa shape index (κ1) is 9.45. The van der Waals surface area contributed by atoms with Crippen LogP contribution in [0.1, 0.15) is 54.9 Å². The smallest absolute Gasteiger partial charge is 0.00695 e. The molecule has 0 heterocycles. The van der Waals surface area contributed by atoms with Crippen molar-refractivity contribution in [1.82, 2.24) is 0 Å². The summed E-state index contributed by atoms with van der Waals surface area (Å²) >= 11 is 0. The summed E-state index contributed by atoms with van der Waals surface area (Å²) in [6, 6.07) is 4.72. The molecule has 0 bridgehead atoms. The summed E-state index contributed by atoms with van der Waals surface area (Å²) in [4.78, 5) is 0. The van der Waals surface area contributed by atoms with Crippen LogP contribution in [0.3, 0.4) is 0 Å². The molecule has 1 aromatic carbocycles. The predicted octanol–water partition coefficient (Wildman–Crippen LogP) is 3.93. The highest BCUT2D eigenvalue weighted by molar-refractivity contribution is 5.48. The SMILES string of the molecule is Cc1ccc2c3c1CCCC3(C)CCC2. The van der Waals surface area contributed by atoms with Crippen molar-refractivity contribution < 1.29 is 0 Å². The van der Waals surface area contributed by atoms with E-state index in [1.807, 2.05) is 0 Å². The Morgan fingerprint density at radius 2 is 1.80 bits per heavy atom. The average Bonchev–Trinajstić information content (AvgIpc) is 2.23. The molecule has 0 amide bonds. The van der Waals surface area contributed by atoms with E-state index in [-0.39, 0.29) is 0 Å². The molecule has 1 aromatic rings. The van der Waals surface area contributed by atoms with Crippen molar-refractivity contribution in [3.05, 3.63) is 34.4 Å². The van der Waals surface area contributed by atoms with Crippen molar-refractivity contribution in [1.29, 1.82) is 0 Å². The zero-order valence-electron chi connectivity index (χ0n) is 9.90. The molecule has 2 aliphatic carbocycles. The Kier molecular flexibility index (Phi) is 1.95. The van der Waals surface area contributed by atoms with Gasteiger partial charge in [-0.05, 0) is 73.1 Å². The van der Waals surface area contributed by atoms with Gasteiger partial charge in [-0.1, -0.05) is 19.1 Å². The third-order valence-corrected chi connectivity index (χ3v) is 4.57. The lowest BCUT2D eigenvalue weighted by Crippen LogP contribution is -2.32. The first-order valence-corrected chi connectivity index (χ1v) is 6.32. The number of hydrogen-bond donors (Lipinski definition) is 0. The maximum Gasteiger partial charge on any atom is -0.00695 e. The summed E-state index contributed by atoms with van der Waals surface area (Å²) in [5.74, 6) is 0. The summed E-state index contributed by atoms with van der Waals surface area (Å²) < 4.78 is 0. The van der Waals surface area contributed by atoms with Crippen molar-refractivity contribution in [2.75, 3.05) is 0 Å². The average molecular weight is 200 g/mol. The number of rotatable bonds is 0. The van der Waals surface area contributed by atoms with Crippen LogP contribution < -0.4 is 0 Å². The Labute approximate surface area is 92.7 Å². The van der Waals surface area contributed by atoms with Gasteiger partial charge in [0.05, 0.1) is 0 Å². The van der Waals surface area contributed by atoms with Gasteiger partial charge in [0.2, 0.25) is 0 Å². The molecule has 3 rings (SSSR count). The zero-order valence-corrected chi connectivity index (χ0v) is 9.90. The van der Waals surface area contributed by atoms with Gasteiger partial charge in [-0.25, -0.2) is 0 Å².